The van der Waals surface area contributed by atoms with Crippen LogP contribution in [0.5, 0.6) is 0 Å². The molecule has 1 saturated carbocycles. The summed E-state index contributed by atoms with van der Waals surface area (Å²) in [4.78, 5) is 29.7. The summed E-state index contributed by atoms with van der Waals surface area (Å²) >= 11 is 0. The first kappa shape index (κ1) is 23.4. The molecule has 1 aromatic heterocycles. The normalized spacial score (nSPS) is 14.3. The number of aryl methyl sites for hydroxylation is 1. The van der Waals surface area contributed by atoms with E-state index in [-0.39, 0.29) is 24.3 Å². The molecule has 1 heterocycles. The zero-order valence-electron chi connectivity index (χ0n) is 18.3. The molecule has 1 aliphatic rings. The SMILES string of the molecule is CCOCCCN(CC(=O)N(CCOC)Cc1cccn1C)C(=O)C1CCCC1. The van der Waals surface area contributed by atoms with Crippen molar-refractivity contribution in [1.29, 1.82) is 0 Å². The molecule has 29 heavy (non-hydrogen) atoms. The summed E-state index contributed by atoms with van der Waals surface area (Å²) in [5.74, 6) is 0.152. The third-order valence-electron chi connectivity index (χ3n) is 5.59. The summed E-state index contributed by atoms with van der Waals surface area (Å²) in [6.45, 7) is 5.39. The molecule has 7 nitrogen and oxygen atoms in total. The van der Waals surface area contributed by atoms with Gasteiger partial charge in [-0.3, -0.25) is 9.59 Å². The summed E-state index contributed by atoms with van der Waals surface area (Å²) in [5.41, 5.74) is 1.06. The Morgan fingerprint density at radius 3 is 2.55 bits per heavy atom. The van der Waals surface area contributed by atoms with Gasteiger partial charge in [0, 0.05) is 58.3 Å². The van der Waals surface area contributed by atoms with Crippen LogP contribution in [0.2, 0.25) is 0 Å². The van der Waals surface area contributed by atoms with Crippen molar-refractivity contribution in [2.45, 2.75) is 45.6 Å². The fraction of sp³-hybridized carbons (Fsp3) is 0.727. The topological polar surface area (TPSA) is 64.0 Å². The van der Waals surface area contributed by atoms with Gasteiger partial charge in [-0.25, -0.2) is 0 Å². The minimum atomic E-state index is -0.0361. The number of hydrogen-bond acceptors (Lipinski definition) is 4. The van der Waals surface area contributed by atoms with Gasteiger partial charge in [-0.05, 0) is 38.3 Å². The second-order valence-corrected chi connectivity index (χ2v) is 7.71. The first-order chi connectivity index (χ1) is 14.1. The molecule has 2 rings (SSSR count). The molecule has 0 aliphatic heterocycles. The van der Waals surface area contributed by atoms with Gasteiger partial charge in [0.15, 0.2) is 0 Å². The van der Waals surface area contributed by atoms with Gasteiger partial charge < -0.3 is 23.8 Å². The van der Waals surface area contributed by atoms with Crippen molar-refractivity contribution in [1.82, 2.24) is 14.4 Å². The molecule has 0 saturated heterocycles. The Morgan fingerprint density at radius 1 is 1.17 bits per heavy atom. The monoisotopic (exact) mass is 407 g/mol. The van der Waals surface area contributed by atoms with Gasteiger partial charge in [0.2, 0.25) is 11.8 Å². The lowest BCUT2D eigenvalue weighted by molar-refractivity contribution is -0.143. The van der Waals surface area contributed by atoms with Crippen LogP contribution < -0.4 is 0 Å². The minimum Gasteiger partial charge on any atom is -0.383 e. The second-order valence-electron chi connectivity index (χ2n) is 7.71. The van der Waals surface area contributed by atoms with Crippen molar-refractivity contribution in [3.8, 4) is 0 Å². The molecule has 0 radical (unpaired) electrons. The van der Waals surface area contributed by atoms with Crippen molar-refractivity contribution in [2.75, 3.05) is 46.6 Å². The van der Waals surface area contributed by atoms with Crippen molar-refractivity contribution in [3.63, 3.8) is 0 Å². The summed E-state index contributed by atoms with van der Waals surface area (Å²) in [6.07, 6.45) is 6.79. The lowest BCUT2D eigenvalue weighted by atomic mass is 10.1. The van der Waals surface area contributed by atoms with Crippen molar-refractivity contribution < 1.29 is 19.1 Å². The number of aromatic nitrogens is 1. The molecule has 164 valence electrons. The quantitative estimate of drug-likeness (QED) is 0.471. The van der Waals surface area contributed by atoms with Crippen LogP contribution in [0.25, 0.3) is 0 Å². The third kappa shape index (κ3) is 7.48. The van der Waals surface area contributed by atoms with E-state index < -0.39 is 0 Å². The molecule has 7 heteroatoms. The maximum Gasteiger partial charge on any atom is 0.242 e. The minimum absolute atomic E-state index is 0.0361. The summed E-state index contributed by atoms with van der Waals surface area (Å²) in [6, 6.07) is 3.98. The van der Waals surface area contributed by atoms with Gasteiger partial charge in [0.1, 0.15) is 0 Å². The molecule has 1 aromatic rings. The number of carbonyl (C=O) groups excluding carboxylic acids is 2. The van der Waals surface area contributed by atoms with Gasteiger partial charge in [0.05, 0.1) is 19.7 Å². The molecule has 0 N–H and O–H groups in total. The number of amides is 2. The number of rotatable bonds is 13. The standard InChI is InChI=1S/C22H37N3O4/c1-4-29-15-8-13-25(22(27)19-9-5-6-10-19)18-21(26)24(14-16-28-3)17-20-11-7-12-23(20)2/h7,11-12,19H,4-6,8-10,13-18H2,1-3H3. The number of methoxy groups -OCH3 is 1. The van der Waals surface area contributed by atoms with Crippen LogP contribution in [0.4, 0.5) is 0 Å². The van der Waals surface area contributed by atoms with E-state index in [4.69, 9.17) is 9.47 Å². The Balaban J connectivity index is 2.03. The van der Waals surface area contributed by atoms with Crippen LogP contribution in [-0.2, 0) is 32.7 Å². The highest BCUT2D eigenvalue weighted by Crippen LogP contribution is 2.26. The third-order valence-corrected chi connectivity index (χ3v) is 5.59. The molecule has 0 atom stereocenters. The van der Waals surface area contributed by atoms with E-state index >= 15 is 0 Å². The fourth-order valence-electron chi connectivity index (χ4n) is 3.81. The highest BCUT2D eigenvalue weighted by atomic mass is 16.5. The zero-order chi connectivity index (χ0) is 21.1. The molecule has 0 unspecified atom stereocenters. The number of ether oxygens (including phenoxy) is 2. The lowest BCUT2D eigenvalue weighted by Crippen LogP contribution is -2.46. The number of carbonyl (C=O) groups is 2. The molecular weight excluding hydrogens is 370 g/mol. The van der Waals surface area contributed by atoms with E-state index in [2.05, 4.69) is 0 Å². The Labute approximate surface area is 174 Å². The van der Waals surface area contributed by atoms with Crippen molar-refractivity contribution in [3.05, 3.63) is 24.0 Å². The largest absolute Gasteiger partial charge is 0.383 e. The Hall–Kier alpha value is -1.86. The molecule has 0 spiro atoms. The van der Waals surface area contributed by atoms with Gasteiger partial charge >= 0.3 is 0 Å². The molecule has 0 bridgehead atoms. The molecular formula is C22H37N3O4. The van der Waals surface area contributed by atoms with Gasteiger partial charge in [-0.1, -0.05) is 12.8 Å². The maximum atomic E-state index is 13.1. The lowest BCUT2D eigenvalue weighted by Gasteiger charge is -2.29. The average Bonchev–Trinajstić information content (AvgIpc) is 3.39. The smallest absolute Gasteiger partial charge is 0.242 e. The summed E-state index contributed by atoms with van der Waals surface area (Å²) in [7, 11) is 3.60. The zero-order valence-corrected chi connectivity index (χ0v) is 18.3. The Bertz CT molecular complexity index is 625. The van der Waals surface area contributed by atoms with E-state index in [0.29, 0.717) is 39.5 Å². The molecule has 0 aromatic carbocycles. The van der Waals surface area contributed by atoms with E-state index in [1.807, 2.05) is 36.9 Å². The van der Waals surface area contributed by atoms with Crippen molar-refractivity contribution in [2.24, 2.45) is 13.0 Å². The van der Waals surface area contributed by atoms with Crippen LogP contribution in [0.3, 0.4) is 0 Å². The first-order valence-electron chi connectivity index (χ1n) is 10.8. The van der Waals surface area contributed by atoms with Crippen molar-refractivity contribution >= 4 is 11.8 Å². The van der Waals surface area contributed by atoms with E-state index in [9.17, 15) is 9.59 Å². The van der Waals surface area contributed by atoms with Crippen LogP contribution in [0.15, 0.2) is 18.3 Å². The molecule has 1 fully saturated rings. The fourth-order valence-corrected chi connectivity index (χ4v) is 3.81. The first-order valence-corrected chi connectivity index (χ1v) is 10.8. The van der Waals surface area contributed by atoms with E-state index in [1.54, 1.807) is 16.9 Å². The number of hydrogen-bond donors (Lipinski definition) is 0. The van der Waals surface area contributed by atoms with Crippen LogP contribution in [0.1, 0.15) is 44.7 Å². The van der Waals surface area contributed by atoms with Crippen LogP contribution in [0, 0.1) is 5.92 Å². The van der Waals surface area contributed by atoms with E-state index in [0.717, 1.165) is 37.8 Å². The van der Waals surface area contributed by atoms with Gasteiger partial charge in [-0.2, -0.15) is 0 Å². The predicted octanol–water partition coefficient (Wildman–Crippen LogP) is 2.45. The van der Waals surface area contributed by atoms with Gasteiger partial charge in [-0.15, -0.1) is 0 Å². The molecule has 1 aliphatic carbocycles. The Kier molecular flexibility index (Phi) is 10.2. The van der Waals surface area contributed by atoms with Crippen LogP contribution >= 0.6 is 0 Å². The Morgan fingerprint density at radius 2 is 1.93 bits per heavy atom. The summed E-state index contributed by atoms with van der Waals surface area (Å²) in [5, 5.41) is 0. The predicted molar refractivity (Wildman–Crippen MR) is 112 cm³/mol. The number of nitrogens with zero attached hydrogens (tertiary/aromatic N) is 3. The molecule has 2 amide bonds. The van der Waals surface area contributed by atoms with Gasteiger partial charge in [0.25, 0.3) is 0 Å². The highest BCUT2D eigenvalue weighted by molar-refractivity contribution is 5.86. The van der Waals surface area contributed by atoms with E-state index in [1.165, 1.54) is 0 Å². The van der Waals surface area contributed by atoms with Crippen LogP contribution in [-0.4, -0.2) is 72.7 Å². The second kappa shape index (κ2) is 12.6. The maximum absolute atomic E-state index is 13.1. The average molecular weight is 408 g/mol. The summed E-state index contributed by atoms with van der Waals surface area (Å²) < 4.78 is 12.6. The highest BCUT2D eigenvalue weighted by Gasteiger charge is 2.29.